The van der Waals surface area contributed by atoms with Crippen LogP contribution in [0.3, 0.4) is 0 Å². The topological polar surface area (TPSA) is 101 Å². The lowest BCUT2D eigenvalue weighted by molar-refractivity contribution is -0.142. The van der Waals surface area contributed by atoms with E-state index in [0.29, 0.717) is 12.8 Å². The molecule has 0 aromatic carbocycles. The molecule has 1 heterocycles. The first kappa shape index (κ1) is 15.0. The molecule has 8 heteroatoms. The van der Waals surface area contributed by atoms with Crippen molar-refractivity contribution in [2.45, 2.75) is 43.2 Å². The molecule has 0 amide bonds. The minimum atomic E-state index is -3.74. The quantitative estimate of drug-likeness (QED) is 0.798. The summed E-state index contributed by atoms with van der Waals surface area (Å²) in [6.45, 7) is 0. The molecule has 2 rings (SSSR count). The number of aromatic nitrogens is 2. The fourth-order valence-electron chi connectivity index (χ4n) is 2.63. The summed E-state index contributed by atoms with van der Waals surface area (Å²) < 4.78 is 28.4. The van der Waals surface area contributed by atoms with E-state index >= 15 is 0 Å². The second-order valence-electron chi connectivity index (χ2n) is 5.10. The molecule has 20 heavy (non-hydrogen) atoms. The second-order valence-corrected chi connectivity index (χ2v) is 6.76. The number of nitrogens with zero attached hydrogens (tertiary/aromatic N) is 2. The van der Waals surface area contributed by atoms with Crippen molar-refractivity contribution in [3.05, 3.63) is 12.3 Å². The van der Waals surface area contributed by atoms with Gasteiger partial charge in [0.05, 0.1) is 12.1 Å². The van der Waals surface area contributed by atoms with Crippen molar-refractivity contribution >= 4 is 16.0 Å². The standard InChI is InChI=1S/C12H19N3O4S/c1-15-11(7-8-13-15)20(18,19)14-10-6-4-2-3-5-9(10)12(16)17/h7-10,14H,2-6H2,1H3,(H,16,17). The van der Waals surface area contributed by atoms with E-state index in [4.69, 9.17) is 0 Å². The molecule has 1 fully saturated rings. The van der Waals surface area contributed by atoms with E-state index in [2.05, 4.69) is 9.82 Å². The van der Waals surface area contributed by atoms with Crippen LogP contribution in [0.2, 0.25) is 0 Å². The molecule has 112 valence electrons. The summed E-state index contributed by atoms with van der Waals surface area (Å²) in [6, 6.07) is 0.837. The number of carboxylic acid groups (broad SMARTS) is 1. The van der Waals surface area contributed by atoms with Crippen LogP contribution in [0, 0.1) is 5.92 Å². The Bertz CT molecular complexity index is 581. The minimum absolute atomic E-state index is 0.0471. The maximum atomic E-state index is 12.3. The first-order valence-corrected chi connectivity index (χ1v) is 8.13. The van der Waals surface area contributed by atoms with Crippen LogP contribution in [-0.4, -0.2) is 35.3 Å². The molecule has 0 radical (unpaired) electrons. The highest BCUT2D eigenvalue weighted by Gasteiger charge is 2.33. The smallest absolute Gasteiger partial charge is 0.308 e. The van der Waals surface area contributed by atoms with Crippen molar-refractivity contribution in [1.82, 2.24) is 14.5 Å². The van der Waals surface area contributed by atoms with Crippen LogP contribution in [0.4, 0.5) is 0 Å². The Kier molecular flexibility index (Phi) is 4.44. The number of aliphatic carboxylic acids is 1. The van der Waals surface area contributed by atoms with Crippen LogP contribution in [0.5, 0.6) is 0 Å². The first-order chi connectivity index (χ1) is 9.42. The van der Waals surface area contributed by atoms with Crippen LogP contribution in [0.25, 0.3) is 0 Å². The number of hydrogen-bond donors (Lipinski definition) is 2. The monoisotopic (exact) mass is 301 g/mol. The molecule has 0 aliphatic heterocycles. The highest BCUT2D eigenvalue weighted by molar-refractivity contribution is 7.89. The van der Waals surface area contributed by atoms with E-state index in [0.717, 1.165) is 19.3 Å². The van der Waals surface area contributed by atoms with Gasteiger partial charge in [-0.2, -0.15) is 5.10 Å². The largest absolute Gasteiger partial charge is 0.481 e. The zero-order chi connectivity index (χ0) is 14.8. The highest BCUT2D eigenvalue weighted by Crippen LogP contribution is 2.25. The van der Waals surface area contributed by atoms with Crippen molar-refractivity contribution < 1.29 is 18.3 Å². The number of rotatable bonds is 4. The molecule has 1 saturated carbocycles. The number of carboxylic acids is 1. The van der Waals surface area contributed by atoms with Crippen molar-refractivity contribution in [3.63, 3.8) is 0 Å². The molecular formula is C12H19N3O4S. The molecule has 0 saturated heterocycles. The van der Waals surface area contributed by atoms with Crippen LogP contribution in [-0.2, 0) is 21.9 Å². The Morgan fingerprint density at radius 3 is 2.70 bits per heavy atom. The fourth-order valence-corrected chi connectivity index (χ4v) is 4.07. The van der Waals surface area contributed by atoms with Gasteiger partial charge in [-0.05, 0) is 18.9 Å². The Morgan fingerprint density at radius 2 is 2.10 bits per heavy atom. The summed E-state index contributed by atoms with van der Waals surface area (Å²) in [5.74, 6) is -1.61. The van der Waals surface area contributed by atoms with Gasteiger partial charge < -0.3 is 5.11 Å². The lowest BCUT2D eigenvalue weighted by Gasteiger charge is -2.22. The van der Waals surface area contributed by atoms with Gasteiger partial charge in [0.15, 0.2) is 5.03 Å². The van der Waals surface area contributed by atoms with Crippen molar-refractivity contribution in [2.75, 3.05) is 0 Å². The number of hydrogen-bond acceptors (Lipinski definition) is 4. The van der Waals surface area contributed by atoms with Crippen LogP contribution < -0.4 is 4.72 Å². The van der Waals surface area contributed by atoms with Gasteiger partial charge in [-0.1, -0.05) is 19.3 Å². The molecule has 7 nitrogen and oxygen atoms in total. The van der Waals surface area contributed by atoms with Crippen molar-refractivity contribution in [3.8, 4) is 0 Å². The second kappa shape index (κ2) is 5.92. The molecule has 2 atom stereocenters. The number of sulfonamides is 1. The van der Waals surface area contributed by atoms with E-state index in [1.807, 2.05) is 0 Å². The van der Waals surface area contributed by atoms with Gasteiger partial charge in [0, 0.05) is 13.1 Å². The summed E-state index contributed by atoms with van der Waals surface area (Å²) in [5.41, 5.74) is 0. The molecule has 0 bridgehead atoms. The molecule has 1 aliphatic carbocycles. The van der Waals surface area contributed by atoms with E-state index in [9.17, 15) is 18.3 Å². The zero-order valence-corrected chi connectivity index (χ0v) is 12.1. The molecule has 1 aliphatic rings. The van der Waals surface area contributed by atoms with Gasteiger partial charge >= 0.3 is 5.97 Å². The maximum Gasteiger partial charge on any atom is 0.308 e. The Morgan fingerprint density at radius 1 is 1.40 bits per heavy atom. The predicted molar refractivity (Wildman–Crippen MR) is 71.5 cm³/mol. The number of aryl methyl sites for hydroxylation is 1. The average Bonchev–Trinajstić information content (AvgIpc) is 2.66. The third-order valence-electron chi connectivity index (χ3n) is 3.69. The molecule has 2 N–H and O–H groups in total. The Balaban J connectivity index is 2.22. The van der Waals surface area contributed by atoms with Crippen LogP contribution in [0.15, 0.2) is 17.3 Å². The average molecular weight is 301 g/mol. The molecule has 1 aromatic rings. The lowest BCUT2D eigenvalue weighted by atomic mass is 9.96. The summed E-state index contributed by atoms with van der Waals surface area (Å²) in [7, 11) is -2.20. The molecule has 0 spiro atoms. The zero-order valence-electron chi connectivity index (χ0n) is 11.3. The number of carbonyl (C=O) groups is 1. The van der Waals surface area contributed by atoms with Crippen molar-refractivity contribution in [1.29, 1.82) is 0 Å². The van der Waals surface area contributed by atoms with Gasteiger partial charge in [0.1, 0.15) is 0 Å². The molecule has 1 aromatic heterocycles. The van der Waals surface area contributed by atoms with Crippen LogP contribution >= 0.6 is 0 Å². The van der Waals surface area contributed by atoms with Gasteiger partial charge in [0.25, 0.3) is 10.0 Å². The van der Waals surface area contributed by atoms with E-state index in [1.165, 1.54) is 24.0 Å². The maximum absolute atomic E-state index is 12.3. The van der Waals surface area contributed by atoms with Gasteiger partial charge in [0.2, 0.25) is 0 Å². The Labute approximate surface area is 118 Å². The minimum Gasteiger partial charge on any atom is -0.481 e. The highest BCUT2D eigenvalue weighted by atomic mass is 32.2. The van der Waals surface area contributed by atoms with Crippen molar-refractivity contribution in [2.24, 2.45) is 13.0 Å². The number of nitrogens with one attached hydrogen (secondary N) is 1. The molecular weight excluding hydrogens is 282 g/mol. The summed E-state index contributed by atoms with van der Waals surface area (Å²) in [5, 5.41) is 13.1. The van der Waals surface area contributed by atoms with E-state index in [-0.39, 0.29) is 5.03 Å². The lowest BCUT2D eigenvalue weighted by Crippen LogP contribution is -2.43. The van der Waals surface area contributed by atoms with E-state index in [1.54, 1.807) is 0 Å². The summed E-state index contributed by atoms with van der Waals surface area (Å²) in [4.78, 5) is 11.3. The third-order valence-corrected chi connectivity index (χ3v) is 5.25. The first-order valence-electron chi connectivity index (χ1n) is 6.65. The normalized spacial score (nSPS) is 24.2. The summed E-state index contributed by atoms with van der Waals surface area (Å²) in [6.07, 6.45) is 5.05. The predicted octanol–water partition coefficient (Wildman–Crippen LogP) is 0.732. The van der Waals surface area contributed by atoms with Gasteiger partial charge in [-0.25, -0.2) is 13.1 Å². The Hall–Kier alpha value is -1.41. The summed E-state index contributed by atoms with van der Waals surface area (Å²) >= 11 is 0. The van der Waals surface area contributed by atoms with E-state index < -0.39 is 28.0 Å². The van der Waals surface area contributed by atoms with Gasteiger partial charge in [-0.3, -0.25) is 9.48 Å². The van der Waals surface area contributed by atoms with Crippen LogP contribution in [0.1, 0.15) is 32.1 Å². The fraction of sp³-hybridized carbons (Fsp3) is 0.667. The third kappa shape index (κ3) is 3.18. The van der Waals surface area contributed by atoms with Gasteiger partial charge in [-0.15, -0.1) is 0 Å². The SMILES string of the molecule is Cn1nccc1S(=O)(=O)NC1CCCCCC1C(=O)O. The molecule has 2 unspecified atom stereocenters.